The zero-order valence-corrected chi connectivity index (χ0v) is 13.1. The third kappa shape index (κ3) is 3.33. The van der Waals surface area contributed by atoms with Gasteiger partial charge in [-0.1, -0.05) is 28.1 Å². The van der Waals surface area contributed by atoms with Gasteiger partial charge in [0.2, 0.25) is 0 Å². The van der Waals surface area contributed by atoms with E-state index in [-0.39, 0.29) is 0 Å². The number of nitrogens with zero attached hydrogens (tertiary/aromatic N) is 2. The summed E-state index contributed by atoms with van der Waals surface area (Å²) >= 11 is 5.27. The summed E-state index contributed by atoms with van der Waals surface area (Å²) in [6, 6.07) is 6.49. The summed E-state index contributed by atoms with van der Waals surface area (Å²) in [5, 5.41) is 2.99. The lowest BCUT2D eigenvalue weighted by Crippen LogP contribution is -2.22. The Balaban J connectivity index is 2.02. The van der Waals surface area contributed by atoms with Gasteiger partial charge in [-0.2, -0.15) is 0 Å². The van der Waals surface area contributed by atoms with Crippen LogP contribution in [-0.2, 0) is 11.8 Å². The third-order valence-electron chi connectivity index (χ3n) is 2.90. The highest BCUT2D eigenvalue weighted by atomic mass is 79.9. The number of rotatable bonds is 5. The molecule has 0 aliphatic heterocycles. The molecule has 0 spiro atoms. The fraction of sp³-hybridized carbons (Fsp3) is 0.357. The number of pyridine rings is 1. The molecule has 0 amide bonds. The first kappa shape index (κ1) is 13.6. The Morgan fingerprint density at radius 3 is 2.89 bits per heavy atom. The number of aromatic nitrogens is 1. The van der Waals surface area contributed by atoms with Crippen LogP contribution in [0.2, 0.25) is 0 Å². The zero-order chi connectivity index (χ0) is 13.0. The number of hydrogen-bond acceptors (Lipinski definition) is 3. The third-order valence-corrected chi connectivity index (χ3v) is 4.48. The summed E-state index contributed by atoms with van der Waals surface area (Å²) in [5.41, 5.74) is 2.46. The highest BCUT2D eigenvalue weighted by Gasteiger charge is 2.07. The van der Waals surface area contributed by atoms with E-state index in [1.807, 2.05) is 17.5 Å². The minimum absolute atomic E-state index is 0.861. The van der Waals surface area contributed by atoms with Crippen molar-refractivity contribution in [3.8, 4) is 0 Å². The van der Waals surface area contributed by atoms with Gasteiger partial charge in [0, 0.05) is 30.0 Å². The molecule has 0 N–H and O–H groups in total. The first-order valence-corrected chi connectivity index (χ1v) is 7.96. The molecule has 0 saturated heterocycles. The maximum atomic E-state index is 4.55. The highest BCUT2D eigenvalue weighted by molar-refractivity contribution is 9.08. The number of alkyl halides is 1. The van der Waals surface area contributed by atoms with Crippen molar-refractivity contribution in [1.82, 2.24) is 4.98 Å². The molecule has 2 aromatic rings. The van der Waals surface area contributed by atoms with Gasteiger partial charge in [-0.3, -0.25) is 0 Å². The van der Waals surface area contributed by atoms with E-state index in [1.165, 1.54) is 16.0 Å². The molecule has 0 atom stereocenters. The Morgan fingerprint density at radius 1 is 1.44 bits per heavy atom. The van der Waals surface area contributed by atoms with Crippen LogP contribution in [0.15, 0.2) is 29.8 Å². The van der Waals surface area contributed by atoms with Gasteiger partial charge in [-0.05, 0) is 35.9 Å². The Labute approximate surface area is 121 Å². The Kier molecular flexibility index (Phi) is 4.78. The lowest BCUT2D eigenvalue weighted by molar-refractivity contribution is 0.862. The molecule has 0 fully saturated rings. The molecular weight excluding hydrogens is 308 g/mol. The van der Waals surface area contributed by atoms with Crippen LogP contribution in [0.4, 0.5) is 5.82 Å². The molecule has 4 heteroatoms. The van der Waals surface area contributed by atoms with Crippen LogP contribution in [-0.4, -0.2) is 18.6 Å². The number of thiophene rings is 1. The van der Waals surface area contributed by atoms with E-state index < -0.39 is 0 Å². The molecule has 0 aromatic carbocycles. The van der Waals surface area contributed by atoms with E-state index in [1.54, 1.807) is 0 Å². The summed E-state index contributed by atoms with van der Waals surface area (Å²) in [4.78, 5) is 8.20. The Hall–Kier alpha value is -0.870. The SMILES string of the molecule is Cc1cc(CBr)cnc1N(C)CCc1cccs1. The van der Waals surface area contributed by atoms with Crippen LogP contribution in [0.3, 0.4) is 0 Å². The van der Waals surface area contributed by atoms with E-state index in [4.69, 9.17) is 0 Å². The van der Waals surface area contributed by atoms with Gasteiger partial charge in [0.25, 0.3) is 0 Å². The second kappa shape index (κ2) is 6.34. The molecule has 0 saturated carbocycles. The van der Waals surface area contributed by atoms with Crippen molar-refractivity contribution in [3.63, 3.8) is 0 Å². The normalized spacial score (nSPS) is 10.6. The predicted octanol–water partition coefficient (Wildman–Crippen LogP) is 4.03. The molecule has 2 nitrogen and oxygen atoms in total. The Morgan fingerprint density at radius 2 is 2.28 bits per heavy atom. The Bertz CT molecular complexity index is 497. The van der Waals surface area contributed by atoms with Gasteiger partial charge in [0.05, 0.1) is 0 Å². The summed E-state index contributed by atoms with van der Waals surface area (Å²) in [5.74, 6) is 1.08. The standard InChI is InChI=1S/C14H17BrN2S/c1-11-8-12(9-15)10-16-14(11)17(2)6-5-13-4-3-7-18-13/h3-4,7-8,10H,5-6,9H2,1-2H3. The smallest absolute Gasteiger partial charge is 0.131 e. The number of likely N-dealkylation sites (N-methyl/N-ethyl adjacent to an activating group) is 1. The fourth-order valence-corrected chi connectivity index (χ4v) is 2.94. The predicted molar refractivity (Wildman–Crippen MR) is 82.9 cm³/mol. The van der Waals surface area contributed by atoms with Crippen molar-refractivity contribution in [1.29, 1.82) is 0 Å². The quantitative estimate of drug-likeness (QED) is 0.772. The molecule has 0 bridgehead atoms. The lowest BCUT2D eigenvalue weighted by atomic mass is 10.2. The van der Waals surface area contributed by atoms with Crippen molar-refractivity contribution in [2.45, 2.75) is 18.7 Å². The van der Waals surface area contributed by atoms with Crippen molar-refractivity contribution >= 4 is 33.1 Å². The second-order valence-corrected chi connectivity index (χ2v) is 5.96. The average Bonchev–Trinajstić information content (AvgIpc) is 2.88. The molecule has 0 aliphatic rings. The number of anilines is 1. The van der Waals surface area contributed by atoms with Gasteiger partial charge in [-0.25, -0.2) is 4.98 Å². The molecule has 2 aromatic heterocycles. The number of hydrogen-bond donors (Lipinski definition) is 0. The molecule has 96 valence electrons. The van der Waals surface area contributed by atoms with E-state index >= 15 is 0 Å². The zero-order valence-electron chi connectivity index (χ0n) is 10.7. The van der Waals surface area contributed by atoms with Crippen LogP contribution >= 0.6 is 27.3 Å². The van der Waals surface area contributed by atoms with Crippen molar-refractivity contribution in [2.24, 2.45) is 0 Å². The molecule has 2 rings (SSSR count). The van der Waals surface area contributed by atoms with Crippen molar-refractivity contribution in [2.75, 3.05) is 18.5 Å². The van der Waals surface area contributed by atoms with Crippen LogP contribution in [0.25, 0.3) is 0 Å². The van der Waals surface area contributed by atoms with Gasteiger partial charge in [0.15, 0.2) is 0 Å². The van der Waals surface area contributed by atoms with Crippen molar-refractivity contribution < 1.29 is 0 Å². The first-order chi connectivity index (χ1) is 8.70. The van der Waals surface area contributed by atoms with Crippen LogP contribution < -0.4 is 4.90 Å². The average molecular weight is 325 g/mol. The van der Waals surface area contributed by atoms with Gasteiger partial charge in [0.1, 0.15) is 5.82 Å². The van der Waals surface area contributed by atoms with Gasteiger partial charge < -0.3 is 4.90 Å². The molecular formula is C14H17BrN2S. The van der Waals surface area contributed by atoms with Crippen LogP contribution in [0.1, 0.15) is 16.0 Å². The van der Waals surface area contributed by atoms with E-state index in [9.17, 15) is 0 Å². The summed E-state index contributed by atoms with van der Waals surface area (Å²) in [7, 11) is 2.11. The fourth-order valence-electron chi connectivity index (χ4n) is 1.94. The summed E-state index contributed by atoms with van der Waals surface area (Å²) in [6.07, 6.45) is 3.02. The summed E-state index contributed by atoms with van der Waals surface area (Å²) < 4.78 is 0. The topological polar surface area (TPSA) is 16.1 Å². The minimum Gasteiger partial charge on any atom is -0.359 e. The van der Waals surface area contributed by atoms with Crippen molar-refractivity contribution in [3.05, 3.63) is 45.8 Å². The van der Waals surface area contributed by atoms with E-state index in [2.05, 4.69) is 63.4 Å². The van der Waals surface area contributed by atoms with Crippen LogP contribution in [0.5, 0.6) is 0 Å². The van der Waals surface area contributed by atoms with Gasteiger partial charge >= 0.3 is 0 Å². The number of halogens is 1. The monoisotopic (exact) mass is 324 g/mol. The molecule has 0 unspecified atom stereocenters. The number of aryl methyl sites for hydroxylation is 1. The molecule has 0 aliphatic carbocycles. The first-order valence-electron chi connectivity index (χ1n) is 5.95. The lowest BCUT2D eigenvalue weighted by Gasteiger charge is -2.20. The maximum Gasteiger partial charge on any atom is 0.131 e. The van der Waals surface area contributed by atoms with Crippen LogP contribution in [0, 0.1) is 6.92 Å². The molecule has 0 radical (unpaired) electrons. The van der Waals surface area contributed by atoms with Gasteiger partial charge in [-0.15, -0.1) is 11.3 Å². The second-order valence-electron chi connectivity index (χ2n) is 4.37. The highest BCUT2D eigenvalue weighted by Crippen LogP contribution is 2.19. The molecule has 18 heavy (non-hydrogen) atoms. The summed E-state index contributed by atoms with van der Waals surface area (Å²) in [6.45, 7) is 3.12. The minimum atomic E-state index is 0.861. The van der Waals surface area contributed by atoms with E-state index in [0.29, 0.717) is 0 Å². The molecule has 2 heterocycles. The largest absolute Gasteiger partial charge is 0.359 e. The maximum absolute atomic E-state index is 4.55. The van der Waals surface area contributed by atoms with E-state index in [0.717, 1.165) is 24.1 Å².